The minimum Gasteiger partial charge on any atom is -0.481 e. The predicted molar refractivity (Wildman–Crippen MR) is 80.9 cm³/mol. The Morgan fingerprint density at radius 2 is 2.00 bits per heavy atom. The molecule has 1 aromatic heterocycles. The zero-order chi connectivity index (χ0) is 15.4. The molecule has 2 rings (SSSR count). The smallest absolute Gasteiger partial charge is 0.315 e. The van der Waals surface area contributed by atoms with Crippen LogP contribution in [0.15, 0.2) is 30.3 Å². The zero-order valence-electron chi connectivity index (χ0n) is 11.8. The maximum absolute atomic E-state index is 11.6. The van der Waals surface area contributed by atoms with Crippen LogP contribution in [-0.4, -0.2) is 22.0 Å². The van der Waals surface area contributed by atoms with E-state index < -0.39 is 17.8 Å². The van der Waals surface area contributed by atoms with Crippen LogP contribution >= 0.6 is 11.3 Å². The number of amides is 1. The van der Waals surface area contributed by atoms with Crippen LogP contribution in [0.3, 0.4) is 0 Å². The van der Waals surface area contributed by atoms with Gasteiger partial charge in [0.1, 0.15) is 10.9 Å². The van der Waals surface area contributed by atoms with E-state index in [-0.39, 0.29) is 0 Å². The van der Waals surface area contributed by atoms with Gasteiger partial charge in [-0.1, -0.05) is 30.3 Å². The van der Waals surface area contributed by atoms with E-state index in [1.165, 1.54) is 18.3 Å². The van der Waals surface area contributed by atoms with Crippen LogP contribution in [0.25, 0.3) is 10.6 Å². The molecule has 2 N–H and O–H groups in total. The number of carboxylic acids is 1. The topological polar surface area (TPSA) is 79.3 Å². The van der Waals surface area contributed by atoms with Crippen molar-refractivity contribution in [1.82, 2.24) is 10.3 Å². The molecule has 0 saturated carbocycles. The van der Waals surface area contributed by atoms with Crippen molar-refractivity contribution in [3.63, 3.8) is 0 Å². The maximum atomic E-state index is 11.6. The Balaban J connectivity index is 2.07. The van der Waals surface area contributed by atoms with Crippen molar-refractivity contribution in [3.05, 3.63) is 40.9 Å². The lowest BCUT2D eigenvalue weighted by Gasteiger charge is -2.07. The number of benzene rings is 1. The number of hydrogen-bond acceptors (Lipinski definition) is 4. The summed E-state index contributed by atoms with van der Waals surface area (Å²) < 4.78 is 0. The van der Waals surface area contributed by atoms with Gasteiger partial charge >= 0.3 is 5.97 Å². The second kappa shape index (κ2) is 6.49. The van der Waals surface area contributed by atoms with Crippen LogP contribution in [0.2, 0.25) is 0 Å². The Morgan fingerprint density at radius 3 is 2.62 bits per heavy atom. The van der Waals surface area contributed by atoms with Gasteiger partial charge in [-0.25, -0.2) is 4.98 Å². The van der Waals surface area contributed by atoms with E-state index in [0.717, 1.165) is 21.1 Å². The minimum atomic E-state index is -1.13. The molecule has 0 radical (unpaired) electrons. The van der Waals surface area contributed by atoms with Gasteiger partial charge in [-0.3, -0.25) is 9.59 Å². The lowest BCUT2D eigenvalue weighted by atomic mass is 10.2. The fourth-order valence-corrected chi connectivity index (χ4v) is 2.74. The molecule has 0 spiro atoms. The monoisotopic (exact) mass is 304 g/mol. The third-order valence-corrected chi connectivity index (χ3v) is 4.31. The summed E-state index contributed by atoms with van der Waals surface area (Å²) in [6.07, 6.45) is 0. The van der Waals surface area contributed by atoms with Gasteiger partial charge in [-0.05, 0) is 13.8 Å². The standard InChI is InChI=1S/C15H16N2O3S/c1-9(15(19)20)13(18)16-8-12-10(2)17-14(21-12)11-6-4-3-5-7-11/h3-7,9H,8H2,1-2H3,(H,16,18)(H,19,20). The first-order valence-corrected chi connectivity index (χ1v) is 7.33. The Kier molecular flexibility index (Phi) is 4.70. The molecular weight excluding hydrogens is 288 g/mol. The molecule has 1 unspecified atom stereocenters. The van der Waals surface area contributed by atoms with Crippen LogP contribution in [0.1, 0.15) is 17.5 Å². The van der Waals surface area contributed by atoms with Gasteiger partial charge in [0.05, 0.1) is 12.2 Å². The van der Waals surface area contributed by atoms with Crippen LogP contribution < -0.4 is 5.32 Å². The third kappa shape index (κ3) is 3.66. The molecular formula is C15H16N2O3S. The predicted octanol–water partition coefficient (Wildman–Crippen LogP) is 2.46. The SMILES string of the molecule is Cc1nc(-c2ccccc2)sc1CNC(=O)C(C)C(=O)O. The Bertz CT molecular complexity index is 652. The number of thiazole rings is 1. The summed E-state index contributed by atoms with van der Waals surface area (Å²) in [4.78, 5) is 27.8. The third-order valence-electron chi connectivity index (χ3n) is 3.10. The van der Waals surface area contributed by atoms with Gasteiger partial charge in [0.2, 0.25) is 5.91 Å². The number of carboxylic acid groups (broad SMARTS) is 1. The lowest BCUT2D eigenvalue weighted by molar-refractivity contribution is -0.146. The highest BCUT2D eigenvalue weighted by atomic mass is 32.1. The fraction of sp³-hybridized carbons (Fsp3) is 0.267. The highest BCUT2D eigenvalue weighted by Gasteiger charge is 2.20. The van der Waals surface area contributed by atoms with E-state index in [4.69, 9.17) is 5.11 Å². The second-order valence-electron chi connectivity index (χ2n) is 4.67. The quantitative estimate of drug-likeness (QED) is 0.832. The molecule has 1 aromatic carbocycles. The number of aliphatic carboxylic acids is 1. The van der Waals surface area contributed by atoms with Crippen molar-refractivity contribution < 1.29 is 14.7 Å². The van der Waals surface area contributed by atoms with Crippen molar-refractivity contribution in [3.8, 4) is 10.6 Å². The Labute approximate surface area is 126 Å². The van der Waals surface area contributed by atoms with Gasteiger partial charge in [0.25, 0.3) is 0 Å². The van der Waals surface area contributed by atoms with E-state index in [2.05, 4.69) is 10.3 Å². The van der Waals surface area contributed by atoms with E-state index >= 15 is 0 Å². The van der Waals surface area contributed by atoms with E-state index in [9.17, 15) is 9.59 Å². The summed E-state index contributed by atoms with van der Waals surface area (Å²) in [6.45, 7) is 3.55. The fourth-order valence-electron chi connectivity index (χ4n) is 1.73. The number of rotatable bonds is 5. The first-order valence-electron chi connectivity index (χ1n) is 6.51. The molecule has 0 fully saturated rings. The van der Waals surface area contributed by atoms with Gasteiger partial charge in [-0.2, -0.15) is 0 Å². The summed E-state index contributed by atoms with van der Waals surface area (Å²) in [5.74, 6) is -2.66. The molecule has 0 saturated heterocycles. The van der Waals surface area contributed by atoms with Gasteiger partial charge in [-0.15, -0.1) is 11.3 Å². The van der Waals surface area contributed by atoms with Crippen LogP contribution in [-0.2, 0) is 16.1 Å². The van der Waals surface area contributed by atoms with E-state index in [1.54, 1.807) is 0 Å². The molecule has 1 heterocycles. The van der Waals surface area contributed by atoms with Crippen molar-refractivity contribution in [2.45, 2.75) is 20.4 Å². The normalized spacial score (nSPS) is 11.9. The first-order chi connectivity index (χ1) is 9.99. The van der Waals surface area contributed by atoms with Crippen molar-refractivity contribution >= 4 is 23.2 Å². The maximum Gasteiger partial charge on any atom is 0.315 e. The Hall–Kier alpha value is -2.21. The number of nitrogens with zero attached hydrogens (tertiary/aromatic N) is 1. The minimum absolute atomic E-state index is 0.298. The summed E-state index contributed by atoms with van der Waals surface area (Å²) in [7, 11) is 0. The average Bonchev–Trinajstić information content (AvgIpc) is 2.86. The summed E-state index contributed by atoms with van der Waals surface area (Å²) >= 11 is 1.50. The van der Waals surface area contributed by atoms with Crippen molar-refractivity contribution in [1.29, 1.82) is 0 Å². The summed E-state index contributed by atoms with van der Waals surface area (Å²) in [5, 5.41) is 12.3. The molecule has 0 bridgehead atoms. The van der Waals surface area contributed by atoms with Crippen molar-refractivity contribution in [2.75, 3.05) is 0 Å². The molecule has 0 aliphatic carbocycles. The second-order valence-corrected chi connectivity index (χ2v) is 5.75. The molecule has 110 valence electrons. The number of carbonyl (C=O) groups is 2. The highest BCUT2D eigenvalue weighted by Crippen LogP contribution is 2.27. The molecule has 1 amide bonds. The summed E-state index contributed by atoms with van der Waals surface area (Å²) in [6, 6.07) is 9.79. The molecule has 0 aliphatic rings. The largest absolute Gasteiger partial charge is 0.481 e. The lowest BCUT2D eigenvalue weighted by Crippen LogP contribution is -2.33. The number of aryl methyl sites for hydroxylation is 1. The van der Waals surface area contributed by atoms with Crippen LogP contribution in [0.4, 0.5) is 0 Å². The summed E-state index contributed by atoms with van der Waals surface area (Å²) in [5.41, 5.74) is 1.88. The van der Waals surface area contributed by atoms with Gasteiger partial charge in [0.15, 0.2) is 0 Å². The van der Waals surface area contributed by atoms with Gasteiger partial charge < -0.3 is 10.4 Å². The molecule has 5 nitrogen and oxygen atoms in total. The highest BCUT2D eigenvalue weighted by molar-refractivity contribution is 7.15. The Morgan fingerprint density at radius 1 is 1.33 bits per heavy atom. The van der Waals surface area contributed by atoms with Crippen LogP contribution in [0.5, 0.6) is 0 Å². The first kappa shape index (κ1) is 15.2. The van der Waals surface area contributed by atoms with Crippen LogP contribution in [0, 0.1) is 12.8 Å². The van der Waals surface area contributed by atoms with E-state index in [1.807, 2.05) is 37.3 Å². The number of hydrogen-bond donors (Lipinski definition) is 2. The molecule has 6 heteroatoms. The number of carbonyl (C=O) groups excluding carboxylic acids is 1. The molecule has 0 aliphatic heterocycles. The molecule has 21 heavy (non-hydrogen) atoms. The molecule has 1 atom stereocenters. The molecule has 2 aromatic rings. The van der Waals surface area contributed by atoms with Crippen molar-refractivity contribution in [2.24, 2.45) is 5.92 Å². The van der Waals surface area contributed by atoms with Gasteiger partial charge in [0, 0.05) is 10.4 Å². The number of aromatic nitrogens is 1. The average molecular weight is 304 g/mol. The van der Waals surface area contributed by atoms with E-state index in [0.29, 0.717) is 6.54 Å². The number of nitrogens with one attached hydrogen (secondary N) is 1. The zero-order valence-corrected chi connectivity index (χ0v) is 12.6.